The minimum absolute atomic E-state index is 0.346. The van der Waals surface area contributed by atoms with E-state index in [1.807, 2.05) is 6.07 Å². The maximum absolute atomic E-state index is 9.77. The third-order valence-corrected chi connectivity index (χ3v) is 2.24. The van der Waals surface area contributed by atoms with E-state index in [9.17, 15) is 5.11 Å². The Labute approximate surface area is 85.4 Å². The first-order valence-corrected chi connectivity index (χ1v) is 4.83. The number of phenolic OH excluding ortho intramolecular Hbond substituents is 1. The van der Waals surface area contributed by atoms with Gasteiger partial charge in [0.2, 0.25) is 0 Å². The highest BCUT2D eigenvalue weighted by atomic mass is 16.3. The summed E-state index contributed by atoms with van der Waals surface area (Å²) in [5, 5.41) is 9.77. The molecule has 0 aliphatic carbocycles. The Balaban J connectivity index is 3.26. The Kier molecular flexibility index (Phi) is 3.52. The van der Waals surface area contributed by atoms with Crippen molar-refractivity contribution in [1.82, 2.24) is 0 Å². The average molecular weight is 188 g/mol. The molecule has 0 aliphatic heterocycles. The normalized spacial score (nSPS) is 9.79. The molecule has 0 heterocycles. The van der Waals surface area contributed by atoms with Gasteiger partial charge in [0.1, 0.15) is 5.75 Å². The van der Waals surface area contributed by atoms with E-state index in [-0.39, 0.29) is 0 Å². The van der Waals surface area contributed by atoms with Crippen LogP contribution in [0.25, 0.3) is 12.2 Å². The Morgan fingerprint density at radius 2 is 2.00 bits per heavy atom. The molecule has 0 spiro atoms. The molecule has 0 atom stereocenters. The van der Waals surface area contributed by atoms with Gasteiger partial charge in [0.15, 0.2) is 0 Å². The molecule has 1 aromatic carbocycles. The van der Waals surface area contributed by atoms with Gasteiger partial charge >= 0.3 is 0 Å². The number of benzene rings is 1. The van der Waals surface area contributed by atoms with Crippen molar-refractivity contribution in [3.05, 3.63) is 42.0 Å². The Morgan fingerprint density at radius 1 is 1.29 bits per heavy atom. The van der Waals surface area contributed by atoms with E-state index < -0.39 is 0 Å². The average Bonchev–Trinajstić information content (AvgIpc) is 2.20. The van der Waals surface area contributed by atoms with E-state index in [0.29, 0.717) is 5.75 Å². The van der Waals surface area contributed by atoms with E-state index in [1.165, 1.54) is 0 Å². The summed E-state index contributed by atoms with van der Waals surface area (Å²) < 4.78 is 0. The molecule has 1 rings (SSSR count). The summed E-state index contributed by atoms with van der Waals surface area (Å²) in [7, 11) is 0. The van der Waals surface area contributed by atoms with Crippen molar-refractivity contribution in [2.24, 2.45) is 0 Å². The second-order valence-electron chi connectivity index (χ2n) is 3.27. The lowest BCUT2D eigenvalue weighted by atomic mass is 9.99. The minimum Gasteiger partial charge on any atom is -0.508 e. The summed E-state index contributed by atoms with van der Waals surface area (Å²) in [5.41, 5.74) is 2.91. The molecule has 1 aromatic rings. The fourth-order valence-corrected chi connectivity index (χ4v) is 1.52. The van der Waals surface area contributed by atoms with Gasteiger partial charge in [-0.3, -0.25) is 0 Å². The van der Waals surface area contributed by atoms with Crippen LogP contribution >= 0.6 is 0 Å². The van der Waals surface area contributed by atoms with Crippen LogP contribution in [0.2, 0.25) is 0 Å². The van der Waals surface area contributed by atoms with Crippen molar-refractivity contribution < 1.29 is 5.11 Å². The molecule has 0 saturated heterocycles. The standard InChI is InChI=1S/C13H16O/c1-4-7-12-11(6-3)8-10(5-2)9-13(12)14/h5-6,8-9,14H,2-4,7H2,1H3. The van der Waals surface area contributed by atoms with E-state index in [4.69, 9.17) is 0 Å². The molecule has 74 valence electrons. The highest BCUT2D eigenvalue weighted by Crippen LogP contribution is 2.26. The van der Waals surface area contributed by atoms with Crippen molar-refractivity contribution in [2.45, 2.75) is 19.8 Å². The van der Waals surface area contributed by atoms with Crippen LogP contribution in [0.5, 0.6) is 5.75 Å². The van der Waals surface area contributed by atoms with Crippen LogP contribution < -0.4 is 0 Å². The van der Waals surface area contributed by atoms with Gasteiger partial charge in [0.25, 0.3) is 0 Å². The number of hydrogen-bond acceptors (Lipinski definition) is 1. The van der Waals surface area contributed by atoms with Gasteiger partial charge in [-0.05, 0) is 29.7 Å². The Bertz CT molecular complexity index is 350. The highest BCUT2D eigenvalue weighted by Gasteiger charge is 2.05. The smallest absolute Gasteiger partial charge is 0.119 e. The van der Waals surface area contributed by atoms with Gasteiger partial charge in [0.05, 0.1) is 0 Å². The van der Waals surface area contributed by atoms with Gasteiger partial charge < -0.3 is 5.11 Å². The summed E-state index contributed by atoms with van der Waals surface area (Å²) in [5.74, 6) is 0.346. The topological polar surface area (TPSA) is 20.2 Å². The summed E-state index contributed by atoms with van der Waals surface area (Å²) in [6.45, 7) is 9.51. The Morgan fingerprint density at radius 3 is 2.50 bits per heavy atom. The van der Waals surface area contributed by atoms with Gasteiger partial charge in [0, 0.05) is 5.56 Å². The molecule has 0 fully saturated rings. The summed E-state index contributed by atoms with van der Waals surface area (Å²) >= 11 is 0. The molecule has 0 bridgehead atoms. The maximum Gasteiger partial charge on any atom is 0.119 e. The molecule has 1 heteroatoms. The number of aromatic hydroxyl groups is 1. The molecule has 0 radical (unpaired) electrons. The molecule has 0 saturated carbocycles. The monoisotopic (exact) mass is 188 g/mol. The van der Waals surface area contributed by atoms with Crippen molar-refractivity contribution in [3.8, 4) is 5.75 Å². The van der Waals surface area contributed by atoms with Crippen LogP contribution in [0.1, 0.15) is 30.0 Å². The van der Waals surface area contributed by atoms with E-state index in [2.05, 4.69) is 20.1 Å². The second kappa shape index (κ2) is 4.66. The zero-order chi connectivity index (χ0) is 10.6. The first-order valence-electron chi connectivity index (χ1n) is 4.83. The van der Waals surface area contributed by atoms with E-state index in [1.54, 1.807) is 18.2 Å². The van der Waals surface area contributed by atoms with Gasteiger partial charge in [-0.15, -0.1) is 0 Å². The van der Waals surface area contributed by atoms with Crippen molar-refractivity contribution in [3.63, 3.8) is 0 Å². The second-order valence-corrected chi connectivity index (χ2v) is 3.27. The minimum atomic E-state index is 0.346. The molecular formula is C13H16O. The largest absolute Gasteiger partial charge is 0.508 e. The molecule has 14 heavy (non-hydrogen) atoms. The molecule has 0 aromatic heterocycles. The number of phenols is 1. The predicted octanol–water partition coefficient (Wildman–Crippen LogP) is 3.63. The zero-order valence-electron chi connectivity index (χ0n) is 8.59. The molecule has 0 unspecified atom stereocenters. The fourth-order valence-electron chi connectivity index (χ4n) is 1.52. The Hall–Kier alpha value is -1.50. The lowest BCUT2D eigenvalue weighted by molar-refractivity contribution is 0.467. The number of rotatable bonds is 4. The van der Waals surface area contributed by atoms with Crippen LogP contribution in [0.3, 0.4) is 0 Å². The van der Waals surface area contributed by atoms with E-state index >= 15 is 0 Å². The molecule has 0 amide bonds. The summed E-state index contributed by atoms with van der Waals surface area (Å²) in [6, 6.07) is 3.73. The van der Waals surface area contributed by atoms with Crippen molar-refractivity contribution in [1.29, 1.82) is 0 Å². The van der Waals surface area contributed by atoms with Gasteiger partial charge in [-0.1, -0.05) is 38.7 Å². The van der Waals surface area contributed by atoms with Crippen LogP contribution in [0.15, 0.2) is 25.3 Å². The number of hydrogen-bond donors (Lipinski definition) is 1. The third kappa shape index (κ3) is 2.05. The SMILES string of the molecule is C=Cc1cc(O)c(CCC)c(C=C)c1. The quantitative estimate of drug-likeness (QED) is 0.765. The van der Waals surface area contributed by atoms with Crippen LogP contribution in [-0.2, 0) is 6.42 Å². The zero-order valence-corrected chi connectivity index (χ0v) is 8.59. The highest BCUT2D eigenvalue weighted by molar-refractivity contribution is 5.63. The van der Waals surface area contributed by atoms with Crippen LogP contribution in [0, 0.1) is 0 Å². The summed E-state index contributed by atoms with van der Waals surface area (Å²) in [6.07, 6.45) is 5.40. The fraction of sp³-hybridized carbons (Fsp3) is 0.231. The van der Waals surface area contributed by atoms with Crippen molar-refractivity contribution >= 4 is 12.2 Å². The first-order chi connectivity index (χ1) is 6.72. The predicted molar refractivity (Wildman–Crippen MR) is 62.3 cm³/mol. The lowest BCUT2D eigenvalue weighted by Crippen LogP contribution is -1.90. The molecule has 0 aliphatic rings. The lowest BCUT2D eigenvalue weighted by Gasteiger charge is -2.09. The van der Waals surface area contributed by atoms with Gasteiger partial charge in [-0.25, -0.2) is 0 Å². The maximum atomic E-state index is 9.77. The van der Waals surface area contributed by atoms with Crippen LogP contribution in [0.4, 0.5) is 0 Å². The summed E-state index contributed by atoms with van der Waals surface area (Å²) in [4.78, 5) is 0. The van der Waals surface area contributed by atoms with E-state index in [0.717, 1.165) is 29.5 Å². The molecular weight excluding hydrogens is 172 g/mol. The van der Waals surface area contributed by atoms with Crippen molar-refractivity contribution in [2.75, 3.05) is 0 Å². The van der Waals surface area contributed by atoms with Crippen LogP contribution in [-0.4, -0.2) is 5.11 Å². The molecule has 1 nitrogen and oxygen atoms in total. The molecule has 1 N–H and O–H groups in total. The third-order valence-electron chi connectivity index (χ3n) is 2.24. The van der Waals surface area contributed by atoms with Gasteiger partial charge in [-0.2, -0.15) is 0 Å². The first kappa shape index (κ1) is 10.6.